The SMILES string of the molecule is CN(C=O)c1ccc(C(=O)C2CC3CCC2C3)cc1. The average Bonchev–Trinajstić information content (AvgIpc) is 3.08. The van der Waals surface area contributed by atoms with E-state index < -0.39 is 0 Å². The summed E-state index contributed by atoms with van der Waals surface area (Å²) in [4.78, 5) is 24.7. The van der Waals surface area contributed by atoms with Crippen molar-refractivity contribution in [2.45, 2.75) is 25.7 Å². The molecule has 0 aliphatic heterocycles. The number of carbonyl (C=O) groups excluding carboxylic acids is 2. The molecule has 2 aliphatic rings. The second-order valence-corrected chi connectivity index (χ2v) is 5.91. The number of rotatable bonds is 4. The Labute approximate surface area is 113 Å². The summed E-state index contributed by atoms with van der Waals surface area (Å²) in [7, 11) is 1.71. The van der Waals surface area contributed by atoms with E-state index >= 15 is 0 Å². The molecule has 1 aromatic rings. The number of nitrogens with zero attached hydrogens (tertiary/aromatic N) is 1. The van der Waals surface area contributed by atoms with Crippen LogP contribution in [0.3, 0.4) is 0 Å². The molecule has 3 unspecified atom stereocenters. The number of amides is 1. The van der Waals surface area contributed by atoms with Crippen LogP contribution in [0.25, 0.3) is 0 Å². The molecule has 1 aromatic carbocycles. The number of ketones is 1. The fourth-order valence-electron chi connectivity index (χ4n) is 3.70. The van der Waals surface area contributed by atoms with Crippen molar-refractivity contribution in [3.63, 3.8) is 0 Å². The van der Waals surface area contributed by atoms with E-state index in [1.165, 1.54) is 24.2 Å². The maximum atomic E-state index is 12.5. The van der Waals surface area contributed by atoms with Crippen molar-refractivity contribution in [1.29, 1.82) is 0 Å². The van der Waals surface area contributed by atoms with E-state index in [0.29, 0.717) is 11.7 Å². The molecule has 2 bridgehead atoms. The van der Waals surface area contributed by atoms with Gasteiger partial charge in [0.25, 0.3) is 0 Å². The lowest BCUT2D eigenvalue weighted by atomic mass is 9.83. The Morgan fingerprint density at radius 1 is 1.21 bits per heavy atom. The third-order valence-corrected chi connectivity index (χ3v) is 4.79. The number of Topliss-reactive ketones (excluding diaryl/α,β-unsaturated/α-hetero) is 1. The fraction of sp³-hybridized carbons (Fsp3) is 0.500. The molecule has 0 radical (unpaired) electrons. The minimum absolute atomic E-state index is 0.244. The summed E-state index contributed by atoms with van der Waals surface area (Å²) in [6.07, 6.45) is 5.65. The van der Waals surface area contributed by atoms with Gasteiger partial charge in [-0.05, 0) is 55.4 Å². The summed E-state index contributed by atoms with van der Waals surface area (Å²) in [5.74, 6) is 1.95. The van der Waals surface area contributed by atoms with Crippen molar-refractivity contribution in [3.05, 3.63) is 29.8 Å². The monoisotopic (exact) mass is 257 g/mol. The standard InChI is InChI=1S/C16H19NO2/c1-17(10-18)14-6-4-12(5-7-14)16(19)15-9-11-2-3-13(15)8-11/h4-7,10-11,13,15H,2-3,8-9H2,1H3. The van der Waals surface area contributed by atoms with Crippen molar-refractivity contribution < 1.29 is 9.59 Å². The van der Waals surface area contributed by atoms with Crippen LogP contribution < -0.4 is 4.90 Å². The third kappa shape index (κ3) is 2.18. The minimum atomic E-state index is 0.244. The number of anilines is 1. The van der Waals surface area contributed by atoms with Gasteiger partial charge in [0, 0.05) is 24.2 Å². The zero-order valence-corrected chi connectivity index (χ0v) is 11.2. The summed E-state index contributed by atoms with van der Waals surface area (Å²) < 4.78 is 0. The number of carbonyl (C=O) groups is 2. The zero-order valence-electron chi connectivity index (χ0n) is 11.2. The van der Waals surface area contributed by atoms with Crippen molar-refractivity contribution in [2.75, 3.05) is 11.9 Å². The van der Waals surface area contributed by atoms with Gasteiger partial charge in [0.15, 0.2) is 5.78 Å². The predicted molar refractivity (Wildman–Crippen MR) is 74.2 cm³/mol. The van der Waals surface area contributed by atoms with Crippen LogP contribution in [0.15, 0.2) is 24.3 Å². The summed E-state index contributed by atoms with van der Waals surface area (Å²) in [6, 6.07) is 7.39. The summed E-state index contributed by atoms with van der Waals surface area (Å²) in [6.45, 7) is 0. The van der Waals surface area contributed by atoms with Crippen LogP contribution in [0.2, 0.25) is 0 Å². The quantitative estimate of drug-likeness (QED) is 0.614. The molecule has 19 heavy (non-hydrogen) atoms. The Hall–Kier alpha value is -1.64. The highest BCUT2D eigenvalue weighted by Crippen LogP contribution is 2.49. The Morgan fingerprint density at radius 2 is 1.95 bits per heavy atom. The Morgan fingerprint density at radius 3 is 2.47 bits per heavy atom. The van der Waals surface area contributed by atoms with Crippen molar-refractivity contribution in [2.24, 2.45) is 17.8 Å². The molecule has 0 heterocycles. The molecule has 0 aromatic heterocycles. The van der Waals surface area contributed by atoms with Gasteiger partial charge in [0.2, 0.25) is 6.41 Å². The summed E-state index contributed by atoms with van der Waals surface area (Å²) in [5.41, 5.74) is 1.61. The molecule has 2 saturated carbocycles. The fourth-order valence-corrected chi connectivity index (χ4v) is 3.70. The lowest BCUT2D eigenvalue weighted by Gasteiger charge is -2.20. The van der Waals surface area contributed by atoms with E-state index in [9.17, 15) is 9.59 Å². The number of hydrogen-bond donors (Lipinski definition) is 0. The Kier molecular flexibility index (Phi) is 3.13. The molecule has 1 amide bonds. The van der Waals surface area contributed by atoms with Gasteiger partial charge >= 0.3 is 0 Å². The maximum Gasteiger partial charge on any atom is 0.213 e. The molecule has 0 saturated heterocycles. The van der Waals surface area contributed by atoms with Crippen LogP contribution in [-0.4, -0.2) is 19.2 Å². The largest absolute Gasteiger partial charge is 0.318 e. The van der Waals surface area contributed by atoms with Crippen LogP contribution in [0.4, 0.5) is 5.69 Å². The lowest BCUT2D eigenvalue weighted by molar-refractivity contribution is -0.107. The molecule has 2 fully saturated rings. The highest BCUT2D eigenvalue weighted by Gasteiger charge is 2.43. The predicted octanol–water partition coefficient (Wildman–Crippen LogP) is 2.90. The van der Waals surface area contributed by atoms with E-state index in [2.05, 4.69) is 0 Å². The van der Waals surface area contributed by atoms with Crippen molar-refractivity contribution in [3.8, 4) is 0 Å². The first kappa shape index (κ1) is 12.4. The van der Waals surface area contributed by atoms with Gasteiger partial charge in [-0.2, -0.15) is 0 Å². The number of hydrogen-bond acceptors (Lipinski definition) is 2. The first-order chi connectivity index (χ1) is 9.19. The van der Waals surface area contributed by atoms with Crippen molar-refractivity contribution >= 4 is 17.9 Å². The molecule has 3 nitrogen and oxygen atoms in total. The van der Waals surface area contributed by atoms with Gasteiger partial charge in [-0.15, -0.1) is 0 Å². The molecular weight excluding hydrogens is 238 g/mol. The Balaban J connectivity index is 1.75. The van der Waals surface area contributed by atoms with Crippen LogP contribution in [0, 0.1) is 17.8 Å². The molecule has 2 aliphatic carbocycles. The molecule has 100 valence electrons. The zero-order chi connectivity index (χ0) is 13.4. The Bertz CT molecular complexity index is 494. The third-order valence-electron chi connectivity index (χ3n) is 4.79. The van der Waals surface area contributed by atoms with Crippen LogP contribution >= 0.6 is 0 Å². The molecular formula is C16H19NO2. The first-order valence-corrected chi connectivity index (χ1v) is 7.01. The second kappa shape index (κ2) is 4.80. The molecule has 0 spiro atoms. The molecule has 3 heteroatoms. The molecule has 0 N–H and O–H groups in total. The first-order valence-electron chi connectivity index (χ1n) is 7.01. The van der Waals surface area contributed by atoms with Crippen LogP contribution in [0.5, 0.6) is 0 Å². The number of benzene rings is 1. The van der Waals surface area contributed by atoms with Gasteiger partial charge in [0.05, 0.1) is 0 Å². The smallest absolute Gasteiger partial charge is 0.213 e. The van der Waals surface area contributed by atoms with Gasteiger partial charge in [0.1, 0.15) is 0 Å². The van der Waals surface area contributed by atoms with Gasteiger partial charge < -0.3 is 4.90 Å². The topological polar surface area (TPSA) is 37.4 Å². The summed E-state index contributed by atoms with van der Waals surface area (Å²) >= 11 is 0. The second-order valence-electron chi connectivity index (χ2n) is 5.91. The highest BCUT2D eigenvalue weighted by atomic mass is 16.1. The highest BCUT2D eigenvalue weighted by molar-refractivity contribution is 5.98. The van der Waals surface area contributed by atoms with Gasteiger partial charge in [-0.25, -0.2) is 0 Å². The van der Waals surface area contributed by atoms with Crippen molar-refractivity contribution in [1.82, 2.24) is 0 Å². The van der Waals surface area contributed by atoms with Gasteiger partial charge in [-0.3, -0.25) is 9.59 Å². The summed E-state index contributed by atoms with van der Waals surface area (Å²) in [5, 5.41) is 0. The van der Waals surface area contributed by atoms with Crippen LogP contribution in [-0.2, 0) is 4.79 Å². The number of fused-ring (bicyclic) bond motifs is 2. The molecule has 3 rings (SSSR count). The lowest BCUT2D eigenvalue weighted by Crippen LogP contribution is -2.21. The minimum Gasteiger partial charge on any atom is -0.318 e. The van der Waals surface area contributed by atoms with E-state index in [-0.39, 0.29) is 5.92 Å². The van der Waals surface area contributed by atoms with E-state index in [0.717, 1.165) is 30.0 Å². The maximum absolute atomic E-state index is 12.5. The van der Waals surface area contributed by atoms with E-state index in [1.807, 2.05) is 24.3 Å². The normalized spacial score (nSPS) is 28.4. The van der Waals surface area contributed by atoms with E-state index in [4.69, 9.17) is 0 Å². The van der Waals surface area contributed by atoms with Gasteiger partial charge in [-0.1, -0.05) is 6.42 Å². The molecule has 3 atom stereocenters. The average molecular weight is 257 g/mol. The van der Waals surface area contributed by atoms with E-state index in [1.54, 1.807) is 7.05 Å². The van der Waals surface area contributed by atoms with Crippen LogP contribution in [0.1, 0.15) is 36.0 Å².